The van der Waals surface area contributed by atoms with Crippen molar-refractivity contribution in [2.24, 2.45) is 10.9 Å². The number of benzene rings is 1. The Kier molecular flexibility index (Phi) is 4.39. The Morgan fingerprint density at radius 1 is 1.62 bits per heavy atom. The van der Waals surface area contributed by atoms with E-state index in [1.807, 2.05) is 0 Å². The van der Waals surface area contributed by atoms with E-state index in [0.29, 0.717) is 5.75 Å². The summed E-state index contributed by atoms with van der Waals surface area (Å²) >= 11 is 5.76. The monoisotopic (exact) mass is 309 g/mol. The van der Waals surface area contributed by atoms with Gasteiger partial charge in [0.15, 0.2) is 5.02 Å². The lowest BCUT2D eigenvalue weighted by Crippen LogP contribution is -2.03. The summed E-state index contributed by atoms with van der Waals surface area (Å²) in [5.41, 5.74) is 1.57. The van der Waals surface area contributed by atoms with Gasteiger partial charge in [0, 0.05) is 5.56 Å². The van der Waals surface area contributed by atoms with Gasteiger partial charge in [-0.3, -0.25) is 0 Å². The average Bonchev–Trinajstić information content (AvgIpc) is 2.82. The normalized spacial score (nSPS) is 11.0. The summed E-state index contributed by atoms with van der Waals surface area (Å²) in [5.74, 6) is 5.32. The third-order valence-corrected chi connectivity index (χ3v) is 3.01. The van der Waals surface area contributed by atoms with Gasteiger partial charge in [-0.15, -0.1) is 0 Å². The van der Waals surface area contributed by atoms with Gasteiger partial charge in [0.25, 0.3) is 0 Å². The smallest absolute Gasteiger partial charge is 0.408 e. The maximum absolute atomic E-state index is 10.7. The summed E-state index contributed by atoms with van der Waals surface area (Å²) in [4.78, 5) is 10.1. The second-order valence-corrected chi connectivity index (χ2v) is 4.51. The van der Waals surface area contributed by atoms with Crippen molar-refractivity contribution in [3.63, 3.8) is 0 Å². The molecule has 0 aliphatic carbocycles. The predicted molar refractivity (Wildman–Crippen MR) is 77.8 cm³/mol. The van der Waals surface area contributed by atoms with Crippen LogP contribution in [0, 0.1) is 10.1 Å². The van der Waals surface area contributed by atoms with Crippen LogP contribution in [0.15, 0.2) is 29.5 Å². The Morgan fingerprint density at radius 3 is 2.95 bits per heavy atom. The number of rotatable bonds is 5. The van der Waals surface area contributed by atoms with Gasteiger partial charge < -0.3 is 20.7 Å². The molecule has 0 aliphatic rings. The fraction of sp³-hybridized carbons (Fsp3) is 0.167. The third-order valence-electron chi connectivity index (χ3n) is 2.74. The molecule has 2 aromatic rings. The topological polar surface area (TPSA) is 109 Å². The molecule has 0 bridgehead atoms. The molecule has 0 amide bonds. The number of ether oxygens (including phenoxy) is 1. The number of halogens is 1. The molecule has 1 aromatic carbocycles. The Balaban J connectivity index is 2.30. The first-order valence-corrected chi connectivity index (χ1v) is 6.20. The van der Waals surface area contributed by atoms with E-state index in [1.54, 1.807) is 18.2 Å². The summed E-state index contributed by atoms with van der Waals surface area (Å²) in [6, 6.07) is 5.36. The molecule has 1 aromatic heterocycles. The van der Waals surface area contributed by atoms with Gasteiger partial charge in [-0.1, -0.05) is 23.7 Å². The quantitative estimate of drug-likeness (QED) is 0.392. The molecule has 1 heterocycles. The summed E-state index contributed by atoms with van der Waals surface area (Å²) in [7, 11) is 1.53. The maximum Gasteiger partial charge on any atom is 0.408 e. The van der Waals surface area contributed by atoms with Crippen molar-refractivity contribution in [1.82, 2.24) is 9.78 Å². The van der Waals surface area contributed by atoms with Gasteiger partial charge in [-0.05, 0) is 16.6 Å². The molecule has 0 atom stereocenters. The van der Waals surface area contributed by atoms with E-state index in [0.717, 1.165) is 11.1 Å². The first-order valence-electron chi connectivity index (χ1n) is 5.82. The highest BCUT2D eigenvalue weighted by Gasteiger charge is 2.19. The van der Waals surface area contributed by atoms with Gasteiger partial charge in [-0.2, -0.15) is 9.78 Å². The van der Waals surface area contributed by atoms with Crippen molar-refractivity contribution >= 4 is 23.6 Å². The van der Waals surface area contributed by atoms with E-state index >= 15 is 0 Å². The van der Waals surface area contributed by atoms with Crippen LogP contribution in [-0.2, 0) is 6.54 Å². The van der Waals surface area contributed by atoms with Crippen molar-refractivity contribution < 1.29 is 9.66 Å². The minimum Gasteiger partial charge on any atom is -0.496 e. The predicted octanol–water partition coefficient (Wildman–Crippen LogP) is 1.79. The molecule has 0 aliphatic heterocycles. The minimum atomic E-state index is -0.628. The van der Waals surface area contributed by atoms with Crippen LogP contribution < -0.4 is 10.6 Å². The Morgan fingerprint density at radius 2 is 2.38 bits per heavy atom. The van der Waals surface area contributed by atoms with Crippen LogP contribution >= 0.6 is 11.6 Å². The average molecular weight is 310 g/mol. The van der Waals surface area contributed by atoms with Gasteiger partial charge >= 0.3 is 5.82 Å². The molecule has 21 heavy (non-hydrogen) atoms. The molecule has 110 valence electrons. The SMILES string of the molecule is COc1cc(C=NN)ccc1Cn1cc(Cl)c([N+](=O)[O-])n1. The molecule has 0 unspecified atom stereocenters. The van der Waals surface area contributed by atoms with Crippen LogP contribution in [0.5, 0.6) is 5.75 Å². The Bertz CT molecular complexity index is 698. The van der Waals surface area contributed by atoms with E-state index in [1.165, 1.54) is 24.2 Å². The van der Waals surface area contributed by atoms with Crippen LogP contribution in [0.3, 0.4) is 0 Å². The zero-order chi connectivity index (χ0) is 15.4. The summed E-state index contributed by atoms with van der Waals surface area (Å²) in [5, 5.41) is 18.0. The lowest BCUT2D eigenvalue weighted by atomic mass is 10.1. The lowest BCUT2D eigenvalue weighted by molar-refractivity contribution is -0.389. The zero-order valence-corrected chi connectivity index (χ0v) is 11.8. The lowest BCUT2D eigenvalue weighted by Gasteiger charge is -2.08. The highest BCUT2D eigenvalue weighted by molar-refractivity contribution is 6.32. The maximum atomic E-state index is 10.7. The van der Waals surface area contributed by atoms with E-state index < -0.39 is 4.92 Å². The summed E-state index contributed by atoms with van der Waals surface area (Å²) in [6.07, 6.45) is 2.89. The van der Waals surface area contributed by atoms with Crippen molar-refractivity contribution in [3.8, 4) is 5.75 Å². The zero-order valence-electron chi connectivity index (χ0n) is 11.1. The first-order chi connectivity index (χ1) is 10.0. The Hall–Kier alpha value is -2.61. The number of nitro groups is 1. The number of methoxy groups -OCH3 is 1. The highest BCUT2D eigenvalue weighted by Crippen LogP contribution is 2.24. The summed E-state index contributed by atoms with van der Waals surface area (Å²) < 4.78 is 6.66. The fourth-order valence-electron chi connectivity index (χ4n) is 1.82. The largest absolute Gasteiger partial charge is 0.496 e. The van der Waals surface area contributed by atoms with E-state index in [2.05, 4.69) is 10.2 Å². The minimum absolute atomic E-state index is 0.00847. The van der Waals surface area contributed by atoms with Crippen molar-refractivity contribution in [1.29, 1.82) is 0 Å². The molecule has 0 saturated heterocycles. The fourth-order valence-corrected chi connectivity index (χ4v) is 2.04. The molecule has 8 nitrogen and oxygen atoms in total. The molecular weight excluding hydrogens is 298 g/mol. The number of nitrogens with two attached hydrogens (primary N) is 1. The number of hydrazone groups is 1. The molecule has 2 rings (SSSR count). The van der Waals surface area contributed by atoms with Gasteiger partial charge in [0.05, 0.1) is 31.2 Å². The van der Waals surface area contributed by atoms with Crippen molar-refractivity contribution in [2.45, 2.75) is 6.54 Å². The summed E-state index contributed by atoms with van der Waals surface area (Å²) in [6.45, 7) is 0.288. The molecule has 0 spiro atoms. The van der Waals surface area contributed by atoms with E-state index in [9.17, 15) is 10.1 Å². The molecule has 0 fully saturated rings. The number of hydrogen-bond donors (Lipinski definition) is 1. The molecule has 0 radical (unpaired) electrons. The molecule has 9 heteroatoms. The van der Waals surface area contributed by atoms with Crippen LogP contribution in [0.4, 0.5) is 5.82 Å². The number of nitrogens with zero attached hydrogens (tertiary/aromatic N) is 4. The van der Waals surface area contributed by atoms with Gasteiger partial charge in [-0.25, -0.2) is 0 Å². The Labute approximate surface area is 124 Å². The molecule has 2 N–H and O–H groups in total. The van der Waals surface area contributed by atoms with Gasteiger partial charge in [0.2, 0.25) is 0 Å². The van der Waals surface area contributed by atoms with Crippen LogP contribution in [0.1, 0.15) is 11.1 Å². The van der Waals surface area contributed by atoms with Crippen molar-refractivity contribution in [2.75, 3.05) is 7.11 Å². The third kappa shape index (κ3) is 3.29. The van der Waals surface area contributed by atoms with Gasteiger partial charge in [0.1, 0.15) is 5.75 Å². The van der Waals surface area contributed by atoms with Crippen LogP contribution in [-0.4, -0.2) is 28.0 Å². The molecular formula is C12H12ClN5O3. The standard InChI is InChI=1S/C12H12ClN5O3/c1-21-11-4-8(5-15-14)2-3-9(11)6-17-7-10(13)12(16-17)18(19)20/h2-5,7H,6,14H2,1H3. The highest BCUT2D eigenvalue weighted by atomic mass is 35.5. The number of aromatic nitrogens is 2. The molecule has 0 saturated carbocycles. The second-order valence-electron chi connectivity index (χ2n) is 4.10. The van der Waals surface area contributed by atoms with Crippen molar-refractivity contribution in [3.05, 3.63) is 50.7 Å². The first kappa shape index (κ1) is 14.8. The second kappa shape index (κ2) is 6.23. The van der Waals surface area contributed by atoms with Crippen LogP contribution in [0.25, 0.3) is 0 Å². The van der Waals surface area contributed by atoms with E-state index in [4.69, 9.17) is 22.2 Å². The number of hydrogen-bond acceptors (Lipinski definition) is 6. The van der Waals surface area contributed by atoms with E-state index in [-0.39, 0.29) is 17.4 Å². The van der Waals surface area contributed by atoms with Crippen LogP contribution in [0.2, 0.25) is 5.02 Å².